The Balaban J connectivity index is 1.37. The smallest absolute Gasteiger partial charge is 0.246 e. The Morgan fingerprint density at radius 2 is 1.51 bits per heavy atom. The van der Waals surface area contributed by atoms with Crippen LogP contribution in [0.3, 0.4) is 0 Å². The average molecular weight is 573 g/mol. The van der Waals surface area contributed by atoms with Crippen molar-refractivity contribution in [3.8, 4) is 11.1 Å². The molecular weight excluding hydrogens is 538 g/mol. The molecule has 4 aromatic carbocycles. The van der Waals surface area contributed by atoms with E-state index in [4.69, 9.17) is 0 Å². The minimum atomic E-state index is -1.52. The fourth-order valence-corrected chi connectivity index (χ4v) is 6.48. The van der Waals surface area contributed by atoms with Gasteiger partial charge in [-0.05, 0) is 46.4 Å². The van der Waals surface area contributed by atoms with Gasteiger partial charge in [-0.2, -0.15) is 0 Å². The Morgan fingerprint density at radius 3 is 2.16 bits per heavy atom. The number of carboxylic acid groups (broad SMARTS) is 1. The van der Waals surface area contributed by atoms with Crippen LogP contribution in [0, 0.1) is 0 Å². The first-order valence-corrected chi connectivity index (χ1v) is 14.6. The number of nitrogens with zero attached hydrogens (tertiary/aromatic N) is 1. The van der Waals surface area contributed by atoms with Gasteiger partial charge in [0, 0.05) is 48.4 Å². The highest BCUT2D eigenvalue weighted by atomic mass is 16.4. The van der Waals surface area contributed by atoms with Gasteiger partial charge in [-0.1, -0.05) is 97.1 Å². The van der Waals surface area contributed by atoms with Crippen LogP contribution in [0.25, 0.3) is 22.0 Å². The van der Waals surface area contributed by atoms with Crippen molar-refractivity contribution in [1.82, 2.24) is 15.2 Å². The molecule has 1 aliphatic carbocycles. The van der Waals surface area contributed by atoms with E-state index in [1.807, 2.05) is 109 Å². The number of aromatic nitrogens is 1. The number of carbonyl (C=O) groups is 2. The van der Waals surface area contributed by atoms with Crippen LogP contribution in [0.4, 0.5) is 4.79 Å². The monoisotopic (exact) mass is 572 g/mol. The maximum Gasteiger partial charge on any atom is 0.246 e. The van der Waals surface area contributed by atoms with Crippen molar-refractivity contribution in [1.29, 1.82) is 0 Å². The number of aliphatic hydroxyl groups is 1. The molecule has 7 nitrogen and oxygen atoms in total. The molecule has 218 valence electrons. The zero-order chi connectivity index (χ0) is 30.0. The second-order valence-corrected chi connectivity index (χ2v) is 11.4. The molecule has 5 aromatic rings. The minimum Gasteiger partial charge on any atom is -0.530 e. The normalized spacial score (nSPS) is 14.5. The number of aliphatic hydroxyl groups excluding tert-OH is 1. The molecule has 0 fully saturated rings. The number of para-hydroxylation sites is 1. The van der Waals surface area contributed by atoms with Crippen LogP contribution < -0.4 is 10.4 Å². The molecule has 1 aromatic heterocycles. The van der Waals surface area contributed by atoms with Crippen molar-refractivity contribution < 1.29 is 19.8 Å². The highest BCUT2D eigenvalue weighted by molar-refractivity contribution is 5.91. The molecule has 6 rings (SSSR count). The lowest BCUT2D eigenvalue weighted by atomic mass is 9.87. The largest absolute Gasteiger partial charge is 0.530 e. The van der Waals surface area contributed by atoms with Crippen LogP contribution in [-0.4, -0.2) is 52.2 Å². The van der Waals surface area contributed by atoms with Crippen molar-refractivity contribution in [2.75, 3.05) is 19.7 Å². The van der Waals surface area contributed by atoms with Crippen molar-refractivity contribution in [3.63, 3.8) is 0 Å². The lowest BCUT2D eigenvalue weighted by Crippen LogP contribution is -2.64. The summed E-state index contributed by atoms with van der Waals surface area (Å²) in [5, 5.41) is 27.1. The standard InChI is InChI=1S/C36H35N3O4/c1-36(19-25-20-37-33-18-10-9-13-27(25)33,34(41)38-21-26(23-40)24-11-3-2-4-12-24)39(35(42)43)22-32-30-16-7-5-14-28(30)29-15-6-8-17-31(29)32/h2-18,20,26,32,37,40H,19,21-23H2,1H3,(H,38,41)(H,42,43)/p-1. The summed E-state index contributed by atoms with van der Waals surface area (Å²) in [6, 6.07) is 33.2. The number of amides is 2. The Morgan fingerprint density at radius 1 is 0.907 bits per heavy atom. The number of benzene rings is 4. The first kappa shape index (κ1) is 28.2. The summed E-state index contributed by atoms with van der Waals surface area (Å²) in [6.07, 6.45) is 0.549. The summed E-state index contributed by atoms with van der Waals surface area (Å²) in [4.78, 5) is 31.8. The Kier molecular flexibility index (Phi) is 7.74. The van der Waals surface area contributed by atoms with E-state index in [2.05, 4.69) is 10.3 Å². The third-order valence-corrected chi connectivity index (χ3v) is 8.84. The topological polar surface area (TPSA) is 108 Å². The molecule has 2 unspecified atom stereocenters. The lowest BCUT2D eigenvalue weighted by Gasteiger charge is -2.43. The number of aromatic amines is 1. The third kappa shape index (κ3) is 5.28. The molecule has 0 saturated heterocycles. The number of hydrogen-bond donors (Lipinski definition) is 3. The Labute approximate surface area is 250 Å². The van der Waals surface area contributed by atoms with E-state index in [0.717, 1.165) is 44.3 Å². The number of carbonyl (C=O) groups excluding carboxylic acids is 2. The van der Waals surface area contributed by atoms with Crippen LogP contribution in [0.1, 0.15) is 41.0 Å². The highest BCUT2D eigenvalue weighted by Crippen LogP contribution is 2.45. The van der Waals surface area contributed by atoms with Gasteiger partial charge in [0.1, 0.15) is 11.6 Å². The Bertz CT molecular complexity index is 1720. The first-order valence-electron chi connectivity index (χ1n) is 14.6. The van der Waals surface area contributed by atoms with E-state index in [-0.39, 0.29) is 38.0 Å². The molecule has 2 atom stereocenters. The first-order chi connectivity index (χ1) is 20.9. The molecule has 0 radical (unpaired) electrons. The van der Waals surface area contributed by atoms with E-state index in [1.54, 1.807) is 6.92 Å². The summed E-state index contributed by atoms with van der Waals surface area (Å²) >= 11 is 0. The summed E-state index contributed by atoms with van der Waals surface area (Å²) in [5.41, 5.74) is 5.28. The fraction of sp³-hybridized carbons (Fsp3) is 0.222. The van der Waals surface area contributed by atoms with Gasteiger partial charge in [0.25, 0.3) is 0 Å². The van der Waals surface area contributed by atoms with Crippen LogP contribution in [0.2, 0.25) is 0 Å². The number of hydrogen-bond acceptors (Lipinski definition) is 4. The van der Waals surface area contributed by atoms with Gasteiger partial charge in [0.2, 0.25) is 5.91 Å². The van der Waals surface area contributed by atoms with Gasteiger partial charge >= 0.3 is 0 Å². The van der Waals surface area contributed by atoms with Crippen LogP contribution >= 0.6 is 0 Å². The number of nitrogens with one attached hydrogen (secondary N) is 2. The molecule has 2 amide bonds. The van der Waals surface area contributed by atoms with E-state index in [1.165, 1.54) is 4.90 Å². The van der Waals surface area contributed by atoms with Crippen molar-refractivity contribution >= 4 is 22.9 Å². The summed E-state index contributed by atoms with van der Waals surface area (Å²) in [7, 11) is 0. The SMILES string of the molecule is CC(Cc1c[nH]c2ccccc12)(C(=O)NCC(CO)c1ccccc1)N(CC1c2ccccc2-c2ccccc21)C(=O)[O-]. The van der Waals surface area contributed by atoms with Crippen LogP contribution in [0.5, 0.6) is 0 Å². The van der Waals surface area contributed by atoms with Gasteiger partial charge in [0.05, 0.1) is 6.61 Å². The van der Waals surface area contributed by atoms with Gasteiger partial charge < -0.3 is 30.2 Å². The average Bonchev–Trinajstić information content (AvgIpc) is 3.59. The summed E-state index contributed by atoms with van der Waals surface area (Å²) in [5.74, 6) is -1.06. The van der Waals surface area contributed by atoms with Gasteiger partial charge in [-0.3, -0.25) is 4.79 Å². The van der Waals surface area contributed by atoms with Crippen LogP contribution in [0.15, 0.2) is 109 Å². The zero-order valence-electron chi connectivity index (χ0n) is 24.0. The highest BCUT2D eigenvalue weighted by Gasteiger charge is 2.43. The minimum absolute atomic E-state index is 0.0464. The molecule has 0 aliphatic heterocycles. The third-order valence-electron chi connectivity index (χ3n) is 8.84. The molecule has 0 saturated carbocycles. The van der Waals surface area contributed by atoms with Crippen LogP contribution in [-0.2, 0) is 11.2 Å². The molecule has 0 spiro atoms. The van der Waals surface area contributed by atoms with Gasteiger partial charge in [-0.15, -0.1) is 0 Å². The fourth-order valence-electron chi connectivity index (χ4n) is 6.48. The van der Waals surface area contributed by atoms with Crippen molar-refractivity contribution in [3.05, 3.63) is 132 Å². The molecule has 7 heteroatoms. The maximum atomic E-state index is 14.3. The Hall–Kier alpha value is -4.88. The number of fused-ring (bicyclic) bond motifs is 4. The number of H-pyrrole nitrogens is 1. The van der Waals surface area contributed by atoms with Gasteiger partial charge in [0.15, 0.2) is 0 Å². The molecule has 43 heavy (non-hydrogen) atoms. The van der Waals surface area contributed by atoms with Gasteiger partial charge in [-0.25, -0.2) is 0 Å². The van der Waals surface area contributed by atoms with E-state index >= 15 is 0 Å². The van der Waals surface area contributed by atoms with Crippen molar-refractivity contribution in [2.45, 2.75) is 30.7 Å². The molecule has 0 bridgehead atoms. The molecular formula is C36H34N3O4-. The molecule has 1 heterocycles. The maximum absolute atomic E-state index is 14.3. The molecule has 3 N–H and O–H groups in total. The quantitative estimate of drug-likeness (QED) is 0.223. The summed E-state index contributed by atoms with van der Waals surface area (Å²) < 4.78 is 0. The van der Waals surface area contributed by atoms with E-state index in [0.29, 0.717) is 0 Å². The van der Waals surface area contributed by atoms with E-state index < -0.39 is 17.5 Å². The molecule has 1 aliphatic rings. The predicted octanol–water partition coefficient (Wildman–Crippen LogP) is 4.82. The second-order valence-electron chi connectivity index (χ2n) is 11.4. The summed E-state index contributed by atoms with van der Waals surface area (Å²) in [6.45, 7) is 1.70. The lowest BCUT2D eigenvalue weighted by molar-refractivity contribution is -0.271. The second kappa shape index (κ2) is 11.8. The number of rotatable bonds is 10. The predicted molar refractivity (Wildman–Crippen MR) is 166 cm³/mol. The van der Waals surface area contributed by atoms with E-state index in [9.17, 15) is 19.8 Å². The van der Waals surface area contributed by atoms with Crippen molar-refractivity contribution in [2.24, 2.45) is 0 Å². The zero-order valence-corrected chi connectivity index (χ0v) is 24.0.